The molecule has 176 valence electrons. The van der Waals surface area contributed by atoms with Crippen molar-refractivity contribution in [3.63, 3.8) is 0 Å². The molecule has 8 heteroatoms. The summed E-state index contributed by atoms with van der Waals surface area (Å²) in [6, 6.07) is 15.4. The van der Waals surface area contributed by atoms with Gasteiger partial charge in [-0.1, -0.05) is 24.3 Å². The Balaban J connectivity index is 1.33. The van der Waals surface area contributed by atoms with Gasteiger partial charge in [-0.05, 0) is 49.6 Å². The third-order valence-electron chi connectivity index (χ3n) is 6.52. The van der Waals surface area contributed by atoms with Gasteiger partial charge >= 0.3 is 0 Å². The van der Waals surface area contributed by atoms with E-state index in [9.17, 15) is 9.59 Å². The molecule has 5 rings (SSSR count). The maximum Gasteiger partial charge on any atom is 0.297 e. The minimum atomic E-state index is -0.372. The number of hydrogen-bond donors (Lipinski definition) is 1. The van der Waals surface area contributed by atoms with Gasteiger partial charge in [0.05, 0.1) is 12.9 Å². The molecular weight excluding hydrogens is 434 g/mol. The van der Waals surface area contributed by atoms with Crippen molar-refractivity contribution >= 4 is 28.0 Å². The van der Waals surface area contributed by atoms with Crippen LogP contribution in [-0.2, 0) is 21.5 Å². The zero-order valence-corrected chi connectivity index (χ0v) is 19.1. The van der Waals surface area contributed by atoms with Gasteiger partial charge in [0.2, 0.25) is 11.5 Å². The summed E-state index contributed by atoms with van der Waals surface area (Å²) in [6.45, 7) is 4.16. The van der Waals surface area contributed by atoms with Crippen molar-refractivity contribution < 1.29 is 18.7 Å². The van der Waals surface area contributed by atoms with E-state index in [2.05, 4.69) is 22.4 Å². The second-order valence-electron chi connectivity index (χ2n) is 8.58. The van der Waals surface area contributed by atoms with Gasteiger partial charge in [-0.25, -0.2) is 4.98 Å². The van der Waals surface area contributed by atoms with E-state index in [0.717, 1.165) is 29.5 Å². The predicted octanol–water partition coefficient (Wildman–Crippen LogP) is 3.41. The van der Waals surface area contributed by atoms with Crippen LogP contribution in [-0.4, -0.2) is 41.8 Å². The number of rotatable bonds is 7. The summed E-state index contributed by atoms with van der Waals surface area (Å²) in [6.07, 6.45) is 3.00. The van der Waals surface area contributed by atoms with Crippen LogP contribution in [0.5, 0.6) is 5.75 Å². The van der Waals surface area contributed by atoms with Crippen LogP contribution in [0, 0.1) is 0 Å². The van der Waals surface area contributed by atoms with Gasteiger partial charge in [-0.3, -0.25) is 14.2 Å². The zero-order valence-electron chi connectivity index (χ0n) is 19.1. The predicted molar refractivity (Wildman–Crippen MR) is 128 cm³/mol. The van der Waals surface area contributed by atoms with E-state index in [1.54, 1.807) is 6.07 Å². The molecule has 1 aliphatic heterocycles. The van der Waals surface area contributed by atoms with Crippen molar-refractivity contribution in [2.45, 2.75) is 31.7 Å². The van der Waals surface area contributed by atoms with Crippen LogP contribution in [0.15, 0.2) is 64.1 Å². The summed E-state index contributed by atoms with van der Waals surface area (Å²) in [4.78, 5) is 30.2. The molecule has 0 spiro atoms. The van der Waals surface area contributed by atoms with Gasteiger partial charge in [0.1, 0.15) is 23.4 Å². The van der Waals surface area contributed by atoms with E-state index >= 15 is 0 Å². The molecule has 2 aromatic heterocycles. The Morgan fingerprint density at radius 1 is 1.15 bits per heavy atom. The molecule has 1 aliphatic rings. The smallest absolute Gasteiger partial charge is 0.297 e. The first-order valence-electron chi connectivity index (χ1n) is 11.5. The number of carbonyl (C=O) groups excluding carboxylic acids is 1. The number of fused-ring (bicyclic) bond motifs is 3. The molecule has 0 radical (unpaired) electrons. The highest BCUT2D eigenvalue weighted by molar-refractivity contribution is 6.01. The number of nitrogens with zero attached hydrogens (tertiary/aromatic N) is 2. The summed E-state index contributed by atoms with van der Waals surface area (Å²) in [5.74, 6) is 0.571. The second-order valence-corrected chi connectivity index (χ2v) is 8.58. The Labute approximate surface area is 196 Å². The van der Waals surface area contributed by atoms with Crippen molar-refractivity contribution in [3.8, 4) is 5.75 Å². The van der Waals surface area contributed by atoms with Crippen molar-refractivity contribution in [1.82, 2.24) is 14.9 Å². The number of benzene rings is 2. The van der Waals surface area contributed by atoms with E-state index in [1.165, 1.54) is 10.9 Å². The Morgan fingerprint density at radius 2 is 1.91 bits per heavy atom. The molecule has 0 atom stereocenters. The van der Waals surface area contributed by atoms with Crippen LogP contribution < -0.4 is 15.6 Å². The largest absolute Gasteiger partial charge is 0.494 e. The number of nitrogens with one attached hydrogen (secondary N) is 1. The molecule has 34 heavy (non-hydrogen) atoms. The lowest BCUT2D eigenvalue weighted by molar-refractivity contribution is -0.122. The third-order valence-corrected chi connectivity index (χ3v) is 6.52. The van der Waals surface area contributed by atoms with Crippen LogP contribution in [0.4, 0.5) is 0 Å². The van der Waals surface area contributed by atoms with Crippen LogP contribution in [0.1, 0.15) is 25.3 Å². The molecule has 3 heterocycles. The summed E-state index contributed by atoms with van der Waals surface area (Å²) >= 11 is 0. The van der Waals surface area contributed by atoms with Gasteiger partial charge in [0.15, 0.2) is 0 Å². The quantitative estimate of drug-likeness (QED) is 0.453. The number of para-hydroxylation sites is 1. The fourth-order valence-corrected chi connectivity index (χ4v) is 4.61. The molecule has 4 aromatic rings. The molecule has 1 amide bonds. The molecule has 0 saturated carbocycles. The third kappa shape index (κ3) is 4.17. The molecule has 0 aliphatic carbocycles. The fourth-order valence-electron chi connectivity index (χ4n) is 4.61. The highest BCUT2D eigenvalue weighted by Gasteiger charge is 2.35. The highest BCUT2D eigenvalue weighted by Crippen LogP contribution is 2.35. The number of ether oxygens (including phenoxy) is 2. The summed E-state index contributed by atoms with van der Waals surface area (Å²) in [5.41, 5.74) is 1.80. The molecule has 0 unspecified atom stereocenters. The Kier molecular flexibility index (Phi) is 6.06. The topological polar surface area (TPSA) is 95.6 Å². The number of hydrogen-bond acceptors (Lipinski definition) is 6. The average Bonchev–Trinajstić information content (AvgIpc) is 3.25. The van der Waals surface area contributed by atoms with Crippen molar-refractivity contribution in [2.75, 3.05) is 26.4 Å². The van der Waals surface area contributed by atoms with E-state index in [0.29, 0.717) is 37.5 Å². The van der Waals surface area contributed by atoms with Gasteiger partial charge in [-0.2, -0.15) is 0 Å². The second kappa shape index (κ2) is 9.30. The lowest BCUT2D eigenvalue weighted by atomic mass is 9.74. The number of aromatic nitrogens is 2. The normalized spacial score (nSPS) is 15.4. The maximum absolute atomic E-state index is 12.9. The van der Waals surface area contributed by atoms with Crippen LogP contribution in [0.3, 0.4) is 0 Å². The summed E-state index contributed by atoms with van der Waals surface area (Å²) in [5, 5.41) is 3.82. The highest BCUT2D eigenvalue weighted by atomic mass is 16.5. The Morgan fingerprint density at radius 3 is 2.68 bits per heavy atom. The van der Waals surface area contributed by atoms with Gasteiger partial charge in [0, 0.05) is 30.6 Å². The molecular formula is C26H27N3O5. The van der Waals surface area contributed by atoms with E-state index < -0.39 is 0 Å². The van der Waals surface area contributed by atoms with Gasteiger partial charge < -0.3 is 19.2 Å². The first-order valence-corrected chi connectivity index (χ1v) is 11.5. The molecule has 2 aromatic carbocycles. The van der Waals surface area contributed by atoms with E-state index in [4.69, 9.17) is 13.9 Å². The lowest BCUT2D eigenvalue weighted by Gasteiger charge is -2.38. The molecule has 8 nitrogen and oxygen atoms in total. The first kappa shape index (κ1) is 22.2. The summed E-state index contributed by atoms with van der Waals surface area (Å²) < 4.78 is 18.2. The average molecular weight is 462 g/mol. The van der Waals surface area contributed by atoms with Crippen molar-refractivity contribution in [1.29, 1.82) is 0 Å². The van der Waals surface area contributed by atoms with E-state index in [1.807, 2.05) is 37.3 Å². The number of amides is 1. The molecule has 0 bridgehead atoms. The lowest BCUT2D eigenvalue weighted by Crippen LogP contribution is -2.45. The van der Waals surface area contributed by atoms with E-state index in [-0.39, 0.29) is 29.0 Å². The Hall–Kier alpha value is -3.65. The number of furan rings is 1. The van der Waals surface area contributed by atoms with Crippen LogP contribution in [0.2, 0.25) is 0 Å². The molecule has 1 N–H and O–H groups in total. The minimum Gasteiger partial charge on any atom is -0.494 e. The van der Waals surface area contributed by atoms with Crippen molar-refractivity contribution in [2.24, 2.45) is 0 Å². The zero-order chi connectivity index (χ0) is 23.5. The monoisotopic (exact) mass is 461 g/mol. The Bertz CT molecular complexity index is 1370. The van der Waals surface area contributed by atoms with Gasteiger partial charge in [0.25, 0.3) is 5.56 Å². The fraction of sp³-hybridized carbons (Fsp3) is 0.346. The first-order chi connectivity index (χ1) is 16.6. The molecule has 1 fully saturated rings. The minimum absolute atomic E-state index is 0.130. The molecule has 1 saturated heterocycles. The van der Waals surface area contributed by atoms with Crippen LogP contribution >= 0.6 is 0 Å². The van der Waals surface area contributed by atoms with Gasteiger partial charge in [-0.15, -0.1) is 0 Å². The number of carbonyl (C=O) groups is 1. The van der Waals surface area contributed by atoms with Crippen LogP contribution in [0.25, 0.3) is 22.1 Å². The standard InChI is InChI=1S/C26H27N3O5/c1-2-33-19-9-7-18(8-10-19)26(11-13-32-14-12-26)16-27-22(30)15-29-17-28-23-20-5-3-4-6-21(20)34-24(23)25(29)31/h3-10,17H,2,11-16H2,1H3,(H,27,30). The SMILES string of the molecule is CCOc1ccc(C2(CNC(=O)Cn3cnc4c(oc5ccccc54)c3=O)CCOCC2)cc1. The van der Waals surface area contributed by atoms with Crippen molar-refractivity contribution in [3.05, 3.63) is 70.8 Å². The maximum atomic E-state index is 12.9. The summed E-state index contributed by atoms with van der Waals surface area (Å²) in [7, 11) is 0.